The smallest absolute Gasteiger partial charge is 0.0701 e. The molecule has 1 aromatic rings. The van der Waals surface area contributed by atoms with E-state index >= 15 is 0 Å². The largest absolute Gasteiger partial charge is 0.545 e. The molecule has 1 rings (SSSR count). The molecule has 0 amide bonds. The minimum Gasteiger partial charge on any atom is -0.545 e. The molecule has 118 valence electrons. The summed E-state index contributed by atoms with van der Waals surface area (Å²) in [7, 11) is 0. The van der Waals surface area contributed by atoms with Crippen LogP contribution in [0.15, 0.2) is 36.4 Å². The second kappa shape index (κ2) is 14.7. The van der Waals surface area contributed by atoms with Crippen molar-refractivity contribution >= 4 is 12.0 Å². The van der Waals surface area contributed by atoms with Gasteiger partial charge in [-0.05, 0) is 11.6 Å². The Morgan fingerprint density at radius 3 is 1.95 bits per heavy atom. The Hall–Kier alpha value is -1.73. The van der Waals surface area contributed by atoms with Gasteiger partial charge in [0.15, 0.2) is 0 Å². The summed E-state index contributed by atoms with van der Waals surface area (Å²) in [6.07, 6.45) is 2.50. The number of hydrogen-bond donors (Lipinski definition) is 2. The van der Waals surface area contributed by atoms with E-state index in [0.29, 0.717) is 26.4 Å². The number of benzene rings is 1. The lowest BCUT2D eigenvalue weighted by atomic mass is 10.2. The van der Waals surface area contributed by atoms with Gasteiger partial charge in [-0.25, -0.2) is 0 Å². The van der Waals surface area contributed by atoms with E-state index in [1.807, 2.05) is 30.3 Å². The molecule has 0 heterocycles. The first-order chi connectivity index (χ1) is 10.2. The van der Waals surface area contributed by atoms with Gasteiger partial charge in [-0.3, -0.25) is 0 Å². The number of rotatable bonds is 9. The molecule has 0 fully saturated rings. The number of hydrogen-bond acceptors (Lipinski definition) is 6. The third-order valence-electron chi connectivity index (χ3n) is 2.05. The second-order valence-corrected chi connectivity index (χ2v) is 3.74. The number of ether oxygens (including phenoxy) is 2. The molecule has 6 nitrogen and oxygen atoms in total. The van der Waals surface area contributed by atoms with E-state index < -0.39 is 5.97 Å². The van der Waals surface area contributed by atoms with Gasteiger partial charge < -0.3 is 29.6 Å². The fraction of sp³-hybridized carbons (Fsp3) is 0.400. The molecule has 0 unspecified atom stereocenters. The third-order valence-corrected chi connectivity index (χ3v) is 2.05. The molecule has 0 aromatic heterocycles. The Bertz CT molecular complexity index is 369. The molecule has 6 heteroatoms. The van der Waals surface area contributed by atoms with Gasteiger partial charge in [-0.2, -0.15) is 0 Å². The van der Waals surface area contributed by atoms with Crippen LogP contribution in [-0.4, -0.2) is 55.8 Å². The Balaban J connectivity index is 0.000000384. The van der Waals surface area contributed by atoms with Crippen molar-refractivity contribution in [2.75, 3.05) is 39.6 Å². The van der Waals surface area contributed by atoms with Gasteiger partial charge in [0.05, 0.1) is 45.6 Å². The predicted octanol–water partition coefficient (Wildman–Crippen LogP) is -0.546. The van der Waals surface area contributed by atoms with Crippen LogP contribution < -0.4 is 5.11 Å². The van der Waals surface area contributed by atoms with Crippen LogP contribution in [0.1, 0.15) is 5.56 Å². The maximum absolute atomic E-state index is 9.97. The van der Waals surface area contributed by atoms with E-state index in [-0.39, 0.29) is 13.2 Å². The van der Waals surface area contributed by atoms with Crippen LogP contribution in [0, 0.1) is 0 Å². The second-order valence-electron chi connectivity index (χ2n) is 3.74. The fourth-order valence-corrected chi connectivity index (χ4v) is 1.18. The third kappa shape index (κ3) is 14.5. The van der Waals surface area contributed by atoms with E-state index in [9.17, 15) is 9.90 Å². The highest BCUT2D eigenvalue weighted by atomic mass is 16.5. The highest BCUT2D eigenvalue weighted by molar-refractivity contribution is 5.83. The Labute approximate surface area is 124 Å². The first-order valence-electron chi connectivity index (χ1n) is 6.52. The summed E-state index contributed by atoms with van der Waals surface area (Å²) < 4.78 is 9.75. The Kier molecular flexibility index (Phi) is 13.5. The van der Waals surface area contributed by atoms with E-state index in [2.05, 4.69) is 0 Å². The van der Waals surface area contributed by atoms with E-state index in [0.717, 1.165) is 11.6 Å². The number of carbonyl (C=O) groups is 1. The Morgan fingerprint density at radius 1 is 1.00 bits per heavy atom. The van der Waals surface area contributed by atoms with Crippen LogP contribution in [0.3, 0.4) is 0 Å². The summed E-state index contributed by atoms with van der Waals surface area (Å²) in [5.41, 5.74) is 0.858. The number of aliphatic carboxylic acids is 1. The summed E-state index contributed by atoms with van der Waals surface area (Å²) in [4.78, 5) is 9.97. The average molecular weight is 297 g/mol. The standard InChI is InChI=1S/C9H8O2.C6H14O4/c10-9(11)7-6-8-4-2-1-3-5-8;7-1-3-9-5-6-10-4-2-8/h1-7H,(H,10,11);7-8H,1-6H2/p-1/b7-6+;. The van der Waals surface area contributed by atoms with Crippen molar-refractivity contribution in [2.24, 2.45) is 0 Å². The first-order valence-corrected chi connectivity index (χ1v) is 6.52. The lowest BCUT2D eigenvalue weighted by Gasteiger charge is -2.01. The van der Waals surface area contributed by atoms with Crippen molar-refractivity contribution < 1.29 is 29.6 Å². The van der Waals surface area contributed by atoms with E-state index in [4.69, 9.17) is 19.7 Å². The Morgan fingerprint density at radius 2 is 1.52 bits per heavy atom. The van der Waals surface area contributed by atoms with Gasteiger partial charge in [-0.15, -0.1) is 0 Å². The van der Waals surface area contributed by atoms with Crippen molar-refractivity contribution in [1.29, 1.82) is 0 Å². The van der Waals surface area contributed by atoms with Gasteiger partial charge in [0.2, 0.25) is 0 Å². The molecule has 2 N–H and O–H groups in total. The van der Waals surface area contributed by atoms with E-state index in [1.54, 1.807) is 0 Å². The topological polar surface area (TPSA) is 99.1 Å². The van der Waals surface area contributed by atoms with E-state index in [1.165, 1.54) is 6.08 Å². The molecule has 0 atom stereocenters. The van der Waals surface area contributed by atoms with Crippen molar-refractivity contribution in [1.82, 2.24) is 0 Å². The van der Waals surface area contributed by atoms with Crippen LogP contribution in [0.2, 0.25) is 0 Å². The maximum Gasteiger partial charge on any atom is 0.0701 e. The summed E-state index contributed by atoms with van der Waals surface area (Å²) in [5.74, 6) is -1.17. The summed E-state index contributed by atoms with van der Waals surface area (Å²) in [6, 6.07) is 9.19. The van der Waals surface area contributed by atoms with Gasteiger partial charge in [0, 0.05) is 0 Å². The van der Waals surface area contributed by atoms with Crippen LogP contribution in [0.4, 0.5) is 0 Å². The van der Waals surface area contributed by atoms with Gasteiger partial charge in [0.1, 0.15) is 0 Å². The molecule has 0 aliphatic rings. The number of carbonyl (C=O) groups excluding carboxylic acids is 1. The van der Waals surface area contributed by atoms with Crippen LogP contribution >= 0.6 is 0 Å². The zero-order chi connectivity index (χ0) is 15.8. The van der Waals surface area contributed by atoms with Crippen LogP contribution in [-0.2, 0) is 14.3 Å². The van der Waals surface area contributed by atoms with Crippen LogP contribution in [0.5, 0.6) is 0 Å². The molecule has 0 radical (unpaired) electrons. The molecule has 0 spiro atoms. The molecular weight excluding hydrogens is 276 g/mol. The van der Waals surface area contributed by atoms with Crippen molar-refractivity contribution in [3.05, 3.63) is 42.0 Å². The number of carboxylic acid groups (broad SMARTS) is 1. The monoisotopic (exact) mass is 297 g/mol. The van der Waals surface area contributed by atoms with Crippen molar-refractivity contribution in [2.45, 2.75) is 0 Å². The minimum atomic E-state index is -1.17. The average Bonchev–Trinajstić information content (AvgIpc) is 2.50. The van der Waals surface area contributed by atoms with Crippen molar-refractivity contribution in [3.63, 3.8) is 0 Å². The molecule has 21 heavy (non-hydrogen) atoms. The van der Waals surface area contributed by atoms with Crippen molar-refractivity contribution in [3.8, 4) is 0 Å². The predicted molar refractivity (Wildman–Crippen MR) is 76.3 cm³/mol. The number of aliphatic hydroxyl groups excluding tert-OH is 2. The SMILES string of the molecule is O=C([O-])/C=C/c1ccccc1.OCCOCCOCCO. The molecular formula is C15H21O6-. The molecule has 0 bridgehead atoms. The highest BCUT2D eigenvalue weighted by Crippen LogP contribution is 1.99. The summed E-state index contributed by atoms with van der Waals surface area (Å²) in [5, 5.41) is 26.5. The van der Waals surface area contributed by atoms with Crippen LogP contribution in [0.25, 0.3) is 6.08 Å². The fourth-order valence-electron chi connectivity index (χ4n) is 1.18. The zero-order valence-corrected chi connectivity index (χ0v) is 11.8. The lowest BCUT2D eigenvalue weighted by molar-refractivity contribution is -0.297. The highest BCUT2D eigenvalue weighted by Gasteiger charge is 1.86. The quantitative estimate of drug-likeness (QED) is 0.469. The minimum absolute atomic E-state index is 0.0417. The normalized spacial score (nSPS) is 10.2. The van der Waals surface area contributed by atoms with Gasteiger partial charge >= 0.3 is 0 Å². The maximum atomic E-state index is 9.97. The molecule has 0 saturated heterocycles. The summed E-state index contributed by atoms with van der Waals surface area (Å²) in [6.45, 7) is 1.73. The zero-order valence-electron chi connectivity index (χ0n) is 11.8. The first kappa shape index (κ1) is 19.3. The number of aliphatic hydroxyl groups is 2. The number of carboxylic acids is 1. The molecule has 0 saturated carbocycles. The summed E-state index contributed by atoms with van der Waals surface area (Å²) >= 11 is 0. The van der Waals surface area contributed by atoms with Gasteiger partial charge in [0.25, 0.3) is 0 Å². The molecule has 0 aliphatic heterocycles. The lowest BCUT2D eigenvalue weighted by Crippen LogP contribution is -2.18. The molecule has 0 aliphatic carbocycles. The van der Waals surface area contributed by atoms with Gasteiger partial charge in [-0.1, -0.05) is 36.4 Å². The molecule has 1 aromatic carbocycles.